The zero-order valence-electron chi connectivity index (χ0n) is 9.55. The van der Waals surface area contributed by atoms with Gasteiger partial charge in [-0.2, -0.15) is 0 Å². The van der Waals surface area contributed by atoms with Crippen molar-refractivity contribution < 1.29 is 4.39 Å². The first kappa shape index (κ1) is 13.9. The van der Waals surface area contributed by atoms with Gasteiger partial charge in [-0.3, -0.25) is 0 Å². The van der Waals surface area contributed by atoms with Gasteiger partial charge in [0, 0.05) is 5.02 Å². The van der Waals surface area contributed by atoms with Crippen LogP contribution in [-0.2, 0) is 0 Å². The minimum atomic E-state index is -0.394. The van der Waals surface area contributed by atoms with Crippen molar-refractivity contribution in [1.82, 2.24) is 0 Å². The van der Waals surface area contributed by atoms with Crippen LogP contribution in [0.5, 0.6) is 0 Å². The second-order valence-corrected chi connectivity index (χ2v) is 5.68. The van der Waals surface area contributed by atoms with Crippen LogP contribution in [-0.4, -0.2) is 0 Å². The minimum Gasteiger partial charge on any atom is -0.206 e. The van der Waals surface area contributed by atoms with Crippen LogP contribution < -0.4 is 0 Å². The largest absolute Gasteiger partial charge is 0.206 e. The van der Waals surface area contributed by atoms with E-state index in [2.05, 4.69) is 15.9 Å². The highest BCUT2D eigenvalue weighted by Gasteiger charge is 2.16. The summed E-state index contributed by atoms with van der Waals surface area (Å²) in [6, 6.07) is 10.4. The lowest BCUT2D eigenvalue weighted by Crippen LogP contribution is -1.96. The van der Waals surface area contributed by atoms with Crippen molar-refractivity contribution in [2.75, 3.05) is 0 Å². The molecule has 0 spiro atoms. The summed E-state index contributed by atoms with van der Waals surface area (Å²) in [5.74, 6) is -0.307. The highest BCUT2D eigenvalue weighted by atomic mass is 79.9. The fraction of sp³-hybridized carbons (Fsp3) is 0.143. The third-order valence-corrected chi connectivity index (χ3v) is 4.34. The Hall–Kier alpha value is -0.570. The monoisotopic (exact) mass is 346 g/mol. The van der Waals surface area contributed by atoms with E-state index in [0.717, 1.165) is 16.7 Å². The molecule has 2 aromatic carbocycles. The van der Waals surface area contributed by atoms with Crippen LogP contribution in [0.2, 0.25) is 5.02 Å². The normalized spacial score (nSPS) is 12.5. The maximum absolute atomic E-state index is 13.2. The molecule has 1 unspecified atom stereocenters. The summed E-state index contributed by atoms with van der Waals surface area (Å²) in [4.78, 5) is 0. The quantitative estimate of drug-likeness (QED) is 0.595. The molecule has 0 fully saturated rings. The molecule has 0 amide bonds. The SMILES string of the molecule is Cc1cccc(C(Cl)c2ccc(F)c(Br)c2)c1Cl. The maximum atomic E-state index is 13.2. The molecule has 4 heteroatoms. The molecule has 0 saturated heterocycles. The molecule has 0 N–H and O–H groups in total. The second-order valence-electron chi connectivity index (χ2n) is 4.01. The van der Waals surface area contributed by atoms with Crippen molar-refractivity contribution in [3.05, 3.63) is 68.4 Å². The summed E-state index contributed by atoms with van der Waals surface area (Å²) < 4.78 is 13.6. The van der Waals surface area contributed by atoms with Crippen LogP contribution in [0.3, 0.4) is 0 Å². The van der Waals surface area contributed by atoms with E-state index in [-0.39, 0.29) is 5.82 Å². The minimum absolute atomic E-state index is 0.307. The molecule has 1 atom stereocenters. The Morgan fingerprint density at radius 1 is 1.22 bits per heavy atom. The third kappa shape index (κ3) is 2.71. The van der Waals surface area contributed by atoms with Crippen molar-refractivity contribution in [3.63, 3.8) is 0 Å². The van der Waals surface area contributed by atoms with E-state index >= 15 is 0 Å². The molecule has 0 saturated carbocycles. The van der Waals surface area contributed by atoms with E-state index in [9.17, 15) is 4.39 Å². The first-order chi connectivity index (χ1) is 8.50. The predicted molar refractivity (Wildman–Crippen MR) is 78.0 cm³/mol. The fourth-order valence-corrected chi connectivity index (χ4v) is 2.72. The molecular formula is C14H10BrCl2F. The van der Waals surface area contributed by atoms with Gasteiger partial charge in [0.1, 0.15) is 5.82 Å². The second kappa shape index (κ2) is 5.60. The number of hydrogen-bond donors (Lipinski definition) is 0. The Kier molecular flexibility index (Phi) is 4.31. The molecule has 0 aliphatic heterocycles. The Labute approximate surface area is 124 Å². The average molecular weight is 348 g/mol. The summed E-state index contributed by atoms with van der Waals surface area (Å²) in [5.41, 5.74) is 2.61. The van der Waals surface area contributed by atoms with Gasteiger partial charge in [0.25, 0.3) is 0 Å². The smallest absolute Gasteiger partial charge is 0.137 e. The molecular weight excluding hydrogens is 338 g/mol. The molecule has 0 heterocycles. The highest BCUT2D eigenvalue weighted by Crippen LogP contribution is 2.36. The Morgan fingerprint density at radius 3 is 2.61 bits per heavy atom. The highest BCUT2D eigenvalue weighted by molar-refractivity contribution is 9.10. The standard InChI is InChI=1S/C14H10BrCl2F/c1-8-3-2-4-10(13(8)16)14(17)9-5-6-12(18)11(15)7-9/h2-7,14H,1H3. The van der Waals surface area contributed by atoms with Crippen LogP contribution in [0, 0.1) is 12.7 Å². The fourth-order valence-electron chi connectivity index (χ4n) is 1.72. The van der Waals surface area contributed by atoms with Crippen LogP contribution in [0.25, 0.3) is 0 Å². The molecule has 0 aromatic heterocycles. The molecule has 18 heavy (non-hydrogen) atoms. The zero-order valence-corrected chi connectivity index (χ0v) is 12.7. The van der Waals surface area contributed by atoms with Crippen LogP contribution in [0.4, 0.5) is 4.39 Å². The van der Waals surface area contributed by atoms with Gasteiger partial charge in [-0.1, -0.05) is 35.9 Å². The zero-order chi connectivity index (χ0) is 13.3. The van der Waals surface area contributed by atoms with E-state index in [1.165, 1.54) is 6.07 Å². The summed E-state index contributed by atoms with van der Waals surface area (Å²) in [6.07, 6.45) is 0. The molecule has 0 aliphatic carbocycles. The van der Waals surface area contributed by atoms with Gasteiger partial charge in [0.15, 0.2) is 0 Å². The van der Waals surface area contributed by atoms with Crippen LogP contribution >= 0.6 is 39.1 Å². The van der Waals surface area contributed by atoms with Gasteiger partial charge in [-0.05, 0) is 51.7 Å². The number of rotatable bonds is 2. The average Bonchev–Trinajstić information content (AvgIpc) is 2.35. The summed E-state index contributed by atoms with van der Waals surface area (Å²) in [6.45, 7) is 1.93. The van der Waals surface area contributed by atoms with Crippen LogP contribution in [0.1, 0.15) is 22.1 Å². The number of benzene rings is 2. The molecule has 0 nitrogen and oxygen atoms in total. The van der Waals surface area contributed by atoms with Gasteiger partial charge in [0.2, 0.25) is 0 Å². The van der Waals surface area contributed by atoms with Crippen molar-refractivity contribution in [2.45, 2.75) is 12.3 Å². The van der Waals surface area contributed by atoms with E-state index in [4.69, 9.17) is 23.2 Å². The van der Waals surface area contributed by atoms with Gasteiger partial charge < -0.3 is 0 Å². The summed E-state index contributed by atoms with van der Waals surface area (Å²) in [7, 11) is 0. The Morgan fingerprint density at radius 2 is 1.94 bits per heavy atom. The molecule has 0 bridgehead atoms. The molecule has 2 rings (SSSR count). The first-order valence-electron chi connectivity index (χ1n) is 5.34. The first-order valence-corrected chi connectivity index (χ1v) is 6.95. The van der Waals surface area contributed by atoms with Crippen molar-refractivity contribution in [2.24, 2.45) is 0 Å². The lowest BCUT2D eigenvalue weighted by molar-refractivity contribution is 0.620. The van der Waals surface area contributed by atoms with Gasteiger partial charge in [0.05, 0.1) is 9.85 Å². The van der Waals surface area contributed by atoms with E-state index < -0.39 is 5.38 Å². The van der Waals surface area contributed by atoms with Gasteiger partial charge in [-0.15, -0.1) is 11.6 Å². The van der Waals surface area contributed by atoms with E-state index in [1.54, 1.807) is 12.1 Å². The number of aryl methyl sites for hydroxylation is 1. The lowest BCUT2D eigenvalue weighted by atomic mass is 10.0. The van der Waals surface area contributed by atoms with Crippen molar-refractivity contribution in [3.8, 4) is 0 Å². The van der Waals surface area contributed by atoms with E-state index in [1.807, 2.05) is 25.1 Å². The van der Waals surface area contributed by atoms with E-state index in [0.29, 0.717) is 9.50 Å². The number of hydrogen-bond acceptors (Lipinski definition) is 0. The van der Waals surface area contributed by atoms with Crippen molar-refractivity contribution in [1.29, 1.82) is 0 Å². The Balaban J connectivity index is 2.44. The van der Waals surface area contributed by atoms with Gasteiger partial charge >= 0.3 is 0 Å². The van der Waals surface area contributed by atoms with Crippen LogP contribution in [0.15, 0.2) is 40.9 Å². The van der Waals surface area contributed by atoms with Gasteiger partial charge in [-0.25, -0.2) is 4.39 Å². The Bertz CT molecular complexity index is 584. The summed E-state index contributed by atoms with van der Waals surface area (Å²) in [5, 5.41) is 0.257. The third-order valence-electron chi connectivity index (χ3n) is 2.73. The molecule has 0 aliphatic rings. The lowest BCUT2D eigenvalue weighted by Gasteiger charge is -2.14. The molecule has 94 valence electrons. The van der Waals surface area contributed by atoms with Crippen molar-refractivity contribution >= 4 is 39.1 Å². The molecule has 0 radical (unpaired) electrons. The maximum Gasteiger partial charge on any atom is 0.137 e. The topological polar surface area (TPSA) is 0 Å². The number of alkyl halides is 1. The predicted octanol–water partition coefficient (Wildman–Crippen LogP) is 5.88. The number of halogens is 4. The summed E-state index contributed by atoms with van der Waals surface area (Å²) >= 11 is 15.8. The molecule has 2 aromatic rings.